The first-order valence-corrected chi connectivity index (χ1v) is 11.4. The maximum absolute atomic E-state index is 13.2. The Balaban J connectivity index is 1.90. The molecule has 3 aromatic rings. The second-order valence-corrected chi connectivity index (χ2v) is 8.97. The third kappa shape index (κ3) is 6.28. The van der Waals surface area contributed by atoms with Gasteiger partial charge in [0.15, 0.2) is 5.82 Å². The molecule has 0 saturated carbocycles. The number of aromatic nitrogens is 3. The van der Waals surface area contributed by atoms with Crippen LogP contribution in [-0.2, 0) is 11.2 Å². The Kier molecular flexibility index (Phi) is 8.00. The van der Waals surface area contributed by atoms with Gasteiger partial charge in [-0.2, -0.15) is 18.2 Å². The topological polar surface area (TPSA) is 84.9 Å². The van der Waals surface area contributed by atoms with Gasteiger partial charge in [-0.3, -0.25) is 9.78 Å². The number of alkyl halides is 3. The van der Waals surface area contributed by atoms with Gasteiger partial charge in [0, 0.05) is 17.5 Å². The van der Waals surface area contributed by atoms with Crippen molar-refractivity contribution in [2.24, 2.45) is 5.41 Å². The number of Topliss-reactive ketones (excluding diaryl/α,β-unsaturated/α-hetero) is 1. The zero-order chi connectivity index (χ0) is 25.8. The van der Waals surface area contributed by atoms with Crippen molar-refractivity contribution in [3.05, 3.63) is 63.5 Å². The van der Waals surface area contributed by atoms with Gasteiger partial charge in [0.2, 0.25) is 0 Å². The van der Waals surface area contributed by atoms with E-state index in [-0.39, 0.29) is 29.5 Å². The molecule has 0 radical (unpaired) electrons. The summed E-state index contributed by atoms with van der Waals surface area (Å²) in [4.78, 5) is 35.5. The maximum Gasteiger partial charge on any atom is 0.400 e. The number of hydrogen-bond acceptors (Lipinski definition) is 5. The molecule has 186 valence electrons. The molecular weight excluding hydrogens is 483 g/mol. The number of H-pyrrole nitrogens is 1. The van der Waals surface area contributed by atoms with Gasteiger partial charge in [-0.05, 0) is 56.5 Å². The van der Waals surface area contributed by atoms with E-state index < -0.39 is 23.1 Å². The van der Waals surface area contributed by atoms with E-state index in [2.05, 4.69) is 15.0 Å². The Labute approximate surface area is 205 Å². The summed E-state index contributed by atoms with van der Waals surface area (Å²) < 4.78 is 45.1. The third-order valence-corrected chi connectivity index (χ3v) is 5.88. The number of aromatic amines is 1. The molecule has 0 bridgehead atoms. The monoisotopic (exact) mass is 507 g/mol. The minimum atomic E-state index is -4.63. The number of ether oxygens (including phenoxy) is 1. The van der Waals surface area contributed by atoms with Gasteiger partial charge in [-0.25, -0.2) is 9.78 Å². The molecule has 0 unspecified atom stereocenters. The molecule has 1 aromatic heterocycles. The summed E-state index contributed by atoms with van der Waals surface area (Å²) in [7, 11) is 0. The van der Waals surface area contributed by atoms with E-state index in [1.165, 1.54) is 0 Å². The lowest BCUT2D eigenvalue weighted by molar-refractivity contribution is -0.210. The van der Waals surface area contributed by atoms with Crippen molar-refractivity contribution < 1.29 is 22.7 Å². The predicted molar refractivity (Wildman–Crippen MR) is 127 cm³/mol. The quantitative estimate of drug-likeness (QED) is 0.382. The SMILES string of the molecule is CCCOc1cccc(-c2nc(-c3cc(CCC(=O)C(C)(C)C(F)(F)F)ccc3Cl)[nH]c(=O)n2)c1. The predicted octanol–water partition coefficient (Wildman–Crippen LogP) is 6.03. The number of carbonyl (C=O) groups excluding carboxylic acids is 1. The molecule has 35 heavy (non-hydrogen) atoms. The van der Waals surface area contributed by atoms with E-state index in [4.69, 9.17) is 16.3 Å². The lowest BCUT2D eigenvalue weighted by atomic mass is 9.84. The molecule has 0 aliphatic rings. The fraction of sp³-hybridized carbons (Fsp3) is 0.360. The first-order chi connectivity index (χ1) is 16.4. The van der Waals surface area contributed by atoms with Crippen LogP contribution in [-0.4, -0.2) is 33.5 Å². The first-order valence-electron chi connectivity index (χ1n) is 11.0. The first kappa shape index (κ1) is 26.4. The molecule has 2 aromatic carbocycles. The smallest absolute Gasteiger partial charge is 0.400 e. The van der Waals surface area contributed by atoms with Gasteiger partial charge in [0.1, 0.15) is 22.8 Å². The Morgan fingerprint density at radius 1 is 1.11 bits per heavy atom. The van der Waals surface area contributed by atoms with E-state index in [1.807, 2.05) is 6.92 Å². The van der Waals surface area contributed by atoms with Crippen molar-refractivity contribution in [1.29, 1.82) is 0 Å². The van der Waals surface area contributed by atoms with Crippen LogP contribution in [0, 0.1) is 5.41 Å². The lowest BCUT2D eigenvalue weighted by Gasteiger charge is -2.26. The van der Waals surface area contributed by atoms with Gasteiger partial charge in [0.25, 0.3) is 0 Å². The number of ketones is 1. The number of hydrogen-bond donors (Lipinski definition) is 1. The van der Waals surface area contributed by atoms with Crippen molar-refractivity contribution in [3.8, 4) is 28.5 Å². The molecule has 0 aliphatic carbocycles. The van der Waals surface area contributed by atoms with E-state index in [0.717, 1.165) is 20.3 Å². The molecule has 10 heteroatoms. The Morgan fingerprint density at radius 3 is 2.54 bits per heavy atom. The molecular formula is C25H25ClF3N3O3. The maximum atomic E-state index is 13.2. The average molecular weight is 508 g/mol. The largest absolute Gasteiger partial charge is 0.494 e. The fourth-order valence-corrected chi connectivity index (χ4v) is 3.43. The zero-order valence-electron chi connectivity index (χ0n) is 19.5. The molecule has 0 atom stereocenters. The van der Waals surface area contributed by atoms with E-state index in [1.54, 1.807) is 42.5 Å². The summed E-state index contributed by atoms with van der Waals surface area (Å²) in [6.07, 6.45) is -4.03. The molecule has 0 amide bonds. The van der Waals surface area contributed by atoms with Crippen LogP contribution in [0.4, 0.5) is 13.2 Å². The number of benzene rings is 2. The van der Waals surface area contributed by atoms with Crippen molar-refractivity contribution in [2.75, 3.05) is 6.61 Å². The second kappa shape index (κ2) is 10.6. The Hall–Kier alpha value is -3.20. The number of nitrogens with zero attached hydrogens (tertiary/aromatic N) is 2. The number of halogens is 4. The van der Waals surface area contributed by atoms with E-state index in [0.29, 0.717) is 29.0 Å². The van der Waals surface area contributed by atoms with Crippen LogP contribution in [0.2, 0.25) is 5.02 Å². The molecule has 3 rings (SSSR count). The van der Waals surface area contributed by atoms with Gasteiger partial charge < -0.3 is 4.74 Å². The van der Waals surface area contributed by atoms with Gasteiger partial charge in [-0.1, -0.05) is 36.7 Å². The fourth-order valence-electron chi connectivity index (χ4n) is 3.22. The van der Waals surface area contributed by atoms with Crippen molar-refractivity contribution in [2.45, 2.75) is 46.2 Å². The summed E-state index contributed by atoms with van der Waals surface area (Å²) in [6, 6.07) is 11.8. The molecule has 0 saturated heterocycles. The van der Waals surface area contributed by atoms with Crippen LogP contribution in [0.25, 0.3) is 22.8 Å². The summed E-state index contributed by atoms with van der Waals surface area (Å²) in [5, 5.41) is 0.274. The number of nitrogens with one attached hydrogen (secondary N) is 1. The van der Waals surface area contributed by atoms with Gasteiger partial charge >= 0.3 is 11.9 Å². The average Bonchev–Trinajstić information content (AvgIpc) is 2.81. The summed E-state index contributed by atoms with van der Waals surface area (Å²) >= 11 is 6.34. The Bertz CT molecular complexity index is 1270. The molecule has 1 heterocycles. The number of aryl methyl sites for hydroxylation is 1. The van der Waals surface area contributed by atoms with Crippen LogP contribution in [0.3, 0.4) is 0 Å². The molecule has 0 fully saturated rings. The summed E-state index contributed by atoms with van der Waals surface area (Å²) in [6.45, 7) is 4.27. The minimum absolute atomic E-state index is 0.0709. The van der Waals surface area contributed by atoms with Crippen LogP contribution in [0.15, 0.2) is 47.3 Å². The number of rotatable bonds is 9. The highest BCUT2D eigenvalue weighted by Gasteiger charge is 2.51. The van der Waals surface area contributed by atoms with Crippen molar-refractivity contribution in [3.63, 3.8) is 0 Å². The summed E-state index contributed by atoms with van der Waals surface area (Å²) in [5.41, 5.74) is -1.58. The van der Waals surface area contributed by atoms with Crippen molar-refractivity contribution in [1.82, 2.24) is 15.0 Å². The molecule has 0 spiro atoms. The molecule has 6 nitrogen and oxygen atoms in total. The highest BCUT2D eigenvalue weighted by atomic mass is 35.5. The van der Waals surface area contributed by atoms with E-state index in [9.17, 15) is 22.8 Å². The summed E-state index contributed by atoms with van der Waals surface area (Å²) in [5.74, 6) is 0.00797. The second-order valence-electron chi connectivity index (χ2n) is 8.56. The molecule has 1 N–H and O–H groups in total. The highest BCUT2D eigenvalue weighted by molar-refractivity contribution is 6.33. The Morgan fingerprint density at radius 2 is 1.86 bits per heavy atom. The normalized spacial score (nSPS) is 12.0. The number of carbonyl (C=O) groups is 1. The zero-order valence-corrected chi connectivity index (χ0v) is 20.3. The van der Waals surface area contributed by atoms with Crippen molar-refractivity contribution >= 4 is 17.4 Å². The molecule has 0 aliphatic heterocycles. The standard InChI is InChI=1S/C25H25ClF3N3O3/c1-4-12-35-17-7-5-6-16(14-17)21-30-22(32-23(34)31-21)18-13-15(8-10-19(18)26)9-11-20(33)24(2,3)25(27,28)29/h5-8,10,13-14H,4,9,11-12H2,1-3H3,(H,30,31,32,34). The minimum Gasteiger partial charge on any atom is -0.494 e. The highest BCUT2D eigenvalue weighted by Crippen LogP contribution is 2.39. The van der Waals surface area contributed by atoms with Gasteiger partial charge in [-0.15, -0.1) is 0 Å². The van der Waals surface area contributed by atoms with Gasteiger partial charge in [0.05, 0.1) is 11.6 Å². The van der Waals surface area contributed by atoms with Crippen LogP contribution < -0.4 is 10.4 Å². The third-order valence-electron chi connectivity index (χ3n) is 5.55. The van der Waals surface area contributed by atoms with Crippen LogP contribution in [0.1, 0.15) is 39.2 Å². The van der Waals surface area contributed by atoms with Crippen LogP contribution >= 0.6 is 11.6 Å². The van der Waals surface area contributed by atoms with Crippen LogP contribution in [0.5, 0.6) is 5.75 Å². The van der Waals surface area contributed by atoms with E-state index >= 15 is 0 Å². The lowest BCUT2D eigenvalue weighted by Crippen LogP contribution is -2.39.